The molecule has 5 unspecified atom stereocenters. The molecule has 3 aliphatic rings. The van der Waals surface area contributed by atoms with Crippen molar-refractivity contribution in [2.75, 3.05) is 13.6 Å². The lowest BCUT2D eigenvalue weighted by atomic mass is 9.86. The largest absolute Gasteiger partial charge is 0.312 e. The van der Waals surface area contributed by atoms with Crippen LogP contribution < -0.4 is 5.32 Å². The van der Waals surface area contributed by atoms with E-state index in [1.165, 1.54) is 24.9 Å². The van der Waals surface area contributed by atoms with Gasteiger partial charge in [-0.15, -0.1) is 0 Å². The van der Waals surface area contributed by atoms with E-state index in [1.54, 1.807) is 0 Å². The minimum atomic E-state index is 0.772. The summed E-state index contributed by atoms with van der Waals surface area (Å²) in [6.45, 7) is 2.37. The molecule has 3 fully saturated rings. The van der Waals surface area contributed by atoms with Crippen molar-refractivity contribution in [1.29, 1.82) is 0 Å². The first-order valence-corrected chi connectivity index (χ1v) is 7.30. The first-order valence-electron chi connectivity index (χ1n) is 7.30. The molecule has 2 saturated carbocycles. The van der Waals surface area contributed by atoms with Crippen LogP contribution in [0.2, 0.25) is 0 Å². The third kappa shape index (κ3) is 1.55. The van der Waals surface area contributed by atoms with Gasteiger partial charge in [0.05, 0.1) is 0 Å². The normalized spacial score (nSPS) is 40.9. The lowest BCUT2D eigenvalue weighted by Gasteiger charge is -2.35. The van der Waals surface area contributed by atoms with Gasteiger partial charge in [-0.1, -0.05) is 30.3 Å². The van der Waals surface area contributed by atoms with Gasteiger partial charge in [-0.3, -0.25) is 4.90 Å². The molecule has 1 aromatic rings. The number of hydrogen-bond acceptors (Lipinski definition) is 2. The number of hydrogen-bond donors (Lipinski definition) is 1. The van der Waals surface area contributed by atoms with E-state index >= 15 is 0 Å². The van der Waals surface area contributed by atoms with Crippen molar-refractivity contribution in [1.82, 2.24) is 10.2 Å². The average Bonchev–Trinajstić information content (AvgIpc) is 2.98. The van der Waals surface area contributed by atoms with Gasteiger partial charge in [-0.2, -0.15) is 0 Å². The Labute approximate surface area is 109 Å². The first-order chi connectivity index (χ1) is 8.83. The smallest absolute Gasteiger partial charge is 0.0281 e. The molecule has 18 heavy (non-hydrogen) atoms. The maximum Gasteiger partial charge on any atom is 0.0281 e. The summed E-state index contributed by atoms with van der Waals surface area (Å²) in [5, 5.41) is 3.79. The number of likely N-dealkylation sites (N-methyl/N-ethyl adjacent to an activating group) is 1. The zero-order chi connectivity index (χ0) is 12.1. The third-order valence-electron chi connectivity index (χ3n) is 5.50. The Morgan fingerprint density at radius 1 is 1.17 bits per heavy atom. The minimum Gasteiger partial charge on any atom is -0.312 e. The van der Waals surface area contributed by atoms with Crippen LogP contribution >= 0.6 is 0 Å². The average molecular weight is 242 g/mol. The maximum absolute atomic E-state index is 3.79. The predicted molar refractivity (Wildman–Crippen MR) is 73.2 cm³/mol. The van der Waals surface area contributed by atoms with E-state index in [0.717, 1.165) is 36.4 Å². The van der Waals surface area contributed by atoms with Crippen LogP contribution in [0.5, 0.6) is 0 Å². The topological polar surface area (TPSA) is 15.3 Å². The Kier molecular flexibility index (Phi) is 2.49. The molecule has 0 aromatic heterocycles. The molecule has 96 valence electrons. The lowest BCUT2D eigenvalue weighted by molar-refractivity contribution is 0.145. The van der Waals surface area contributed by atoms with Crippen molar-refractivity contribution in [3.8, 4) is 0 Å². The third-order valence-corrected chi connectivity index (χ3v) is 5.50. The number of fused-ring (bicyclic) bond motifs is 1. The molecule has 2 aliphatic carbocycles. The first kappa shape index (κ1) is 11.0. The van der Waals surface area contributed by atoms with Crippen LogP contribution in [0.3, 0.4) is 0 Å². The fraction of sp³-hybridized carbons (Fsp3) is 0.625. The second-order valence-electron chi connectivity index (χ2n) is 6.48. The van der Waals surface area contributed by atoms with Gasteiger partial charge in [0, 0.05) is 18.6 Å². The van der Waals surface area contributed by atoms with Crippen LogP contribution in [0.25, 0.3) is 0 Å². The summed E-state index contributed by atoms with van der Waals surface area (Å²) in [5.74, 6) is 2.94. The fourth-order valence-corrected chi connectivity index (χ4v) is 4.87. The molecule has 1 aromatic carbocycles. The van der Waals surface area contributed by atoms with E-state index in [4.69, 9.17) is 0 Å². The predicted octanol–water partition coefficient (Wildman–Crippen LogP) is 2.11. The number of nitrogens with one attached hydrogen (secondary N) is 1. The monoisotopic (exact) mass is 242 g/mol. The van der Waals surface area contributed by atoms with Gasteiger partial charge in [-0.25, -0.2) is 0 Å². The Morgan fingerprint density at radius 2 is 2.00 bits per heavy atom. The van der Waals surface area contributed by atoms with Crippen LogP contribution in [0.15, 0.2) is 30.3 Å². The Balaban J connectivity index is 1.51. The Morgan fingerprint density at radius 3 is 2.83 bits per heavy atom. The number of benzene rings is 1. The second kappa shape index (κ2) is 4.07. The van der Waals surface area contributed by atoms with E-state index in [2.05, 4.69) is 47.6 Å². The van der Waals surface area contributed by atoms with Crippen molar-refractivity contribution in [2.45, 2.75) is 31.5 Å². The zero-order valence-corrected chi connectivity index (χ0v) is 11.0. The molecule has 0 spiro atoms. The zero-order valence-electron chi connectivity index (χ0n) is 11.0. The van der Waals surface area contributed by atoms with E-state index in [9.17, 15) is 0 Å². The quantitative estimate of drug-likeness (QED) is 0.873. The minimum absolute atomic E-state index is 0.772. The van der Waals surface area contributed by atoms with E-state index in [1.807, 2.05) is 0 Å². The molecular formula is C16H22N2. The molecule has 4 rings (SSSR count). The summed E-state index contributed by atoms with van der Waals surface area (Å²) in [5.41, 5.74) is 1.44. The van der Waals surface area contributed by atoms with E-state index in [-0.39, 0.29) is 0 Å². The van der Waals surface area contributed by atoms with Crippen molar-refractivity contribution in [3.05, 3.63) is 35.9 Å². The molecule has 2 nitrogen and oxygen atoms in total. The lowest BCUT2D eigenvalue weighted by Crippen LogP contribution is -2.47. The fourth-order valence-electron chi connectivity index (χ4n) is 4.87. The SMILES string of the molecule is CN(Cc1ccccc1)C1C2CC3CNC1C3C2. The van der Waals surface area contributed by atoms with Gasteiger partial charge >= 0.3 is 0 Å². The molecule has 0 amide bonds. The van der Waals surface area contributed by atoms with Gasteiger partial charge in [-0.05, 0) is 49.8 Å². The summed E-state index contributed by atoms with van der Waals surface area (Å²) >= 11 is 0. The Hall–Kier alpha value is -0.860. The second-order valence-corrected chi connectivity index (χ2v) is 6.48. The molecule has 1 saturated heterocycles. The van der Waals surface area contributed by atoms with Crippen LogP contribution in [-0.4, -0.2) is 30.6 Å². The van der Waals surface area contributed by atoms with Gasteiger partial charge in [0.25, 0.3) is 0 Å². The Bertz CT molecular complexity index is 428. The van der Waals surface area contributed by atoms with Gasteiger partial charge < -0.3 is 5.32 Å². The maximum atomic E-state index is 3.79. The van der Waals surface area contributed by atoms with Crippen LogP contribution in [0.1, 0.15) is 18.4 Å². The molecule has 0 radical (unpaired) electrons. The van der Waals surface area contributed by atoms with Crippen molar-refractivity contribution >= 4 is 0 Å². The van der Waals surface area contributed by atoms with E-state index in [0.29, 0.717) is 0 Å². The molecule has 2 heteroatoms. The molecular weight excluding hydrogens is 220 g/mol. The number of nitrogens with zero attached hydrogens (tertiary/aromatic N) is 1. The summed E-state index contributed by atoms with van der Waals surface area (Å²) in [4.78, 5) is 2.60. The summed E-state index contributed by atoms with van der Waals surface area (Å²) in [6.07, 6.45) is 2.95. The highest BCUT2D eigenvalue weighted by atomic mass is 15.2. The highest BCUT2D eigenvalue weighted by Gasteiger charge is 2.56. The molecule has 1 N–H and O–H groups in total. The van der Waals surface area contributed by atoms with Gasteiger partial charge in [0.2, 0.25) is 0 Å². The van der Waals surface area contributed by atoms with Gasteiger partial charge in [0.15, 0.2) is 0 Å². The molecule has 5 atom stereocenters. The molecule has 1 aliphatic heterocycles. The molecule has 1 heterocycles. The van der Waals surface area contributed by atoms with Crippen molar-refractivity contribution in [3.63, 3.8) is 0 Å². The van der Waals surface area contributed by atoms with E-state index < -0.39 is 0 Å². The highest BCUT2D eigenvalue weighted by molar-refractivity contribution is 5.17. The van der Waals surface area contributed by atoms with Crippen LogP contribution in [0, 0.1) is 17.8 Å². The van der Waals surface area contributed by atoms with Crippen molar-refractivity contribution in [2.24, 2.45) is 17.8 Å². The standard InChI is InChI=1S/C16H22N2/c1-18(10-11-5-3-2-4-6-11)16-12-7-13-9-17-15(16)14(13)8-12/h2-6,12-17H,7-10H2,1H3. The summed E-state index contributed by atoms with van der Waals surface area (Å²) < 4.78 is 0. The van der Waals surface area contributed by atoms with Gasteiger partial charge in [0.1, 0.15) is 0 Å². The van der Waals surface area contributed by atoms with Crippen molar-refractivity contribution < 1.29 is 0 Å². The highest BCUT2D eigenvalue weighted by Crippen LogP contribution is 2.52. The van der Waals surface area contributed by atoms with Crippen LogP contribution in [0.4, 0.5) is 0 Å². The van der Waals surface area contributed by atoms with Crippen LogP contribution in [-0.2, 0) is 6.54 Å². The summed E-state index contributed by atoms with van der Waals surface area (Å²) in [7, 11) is 2.31. The summed E-state index contributed by atoms with van der Waals surface area (Å²) in [6, 6.07) is 12.4. The number of rotatable bonds is 3. The molecule has 2 bridgehead atoms.